The summed E-state index contributed by atoms with van der Waals surface area (Å²) in [7, 11) is 1.63. The van der Waals surface area contributed by atoms with Gasteiger partial charge in [0.2, 0.25) is 0 Å². The maximum atomic E-state index is 12.1. The van der Waals surface area contributed by atoms with Gasteiger partial charge in [-0.1, -0.05) is 6.92 Å². The fraction of sp³-hybridized carbons (Fsp3) is 0.176. The number of ketones is 1. The summed E-state index contributed by atoms with van der Waals surface area (Å²) in [5.74, 6) is 0.769. The number of hydrogen-bond acceptors (Lipinski definition) is 4. The summed E-state index contributed by atoms with van der Waals surface area (Å²) in [4.78, 5) is 16.1. The second kappa shape index (κ2) is 7.24. The number of nitrogens with zero attached hydrogens (tertiary/aromatic N) is 1. The number of nitrogens with one attached hydrogen (secondary N) is 1. The molecule has 0 aliphatic heterocycles. The van der Waals surface area contributed by atoms with Crippen molar-refractivity contribution in [2.75, 3.05) is 12.4 Å². The van der Waals surface area contributed by atoms with Gasteiger partial charge in [0, 0.05) is 35.4 Å². The number of anilines is 1. The molecule has 21 heavy (non-hydrogen) atoms. The van der Waals surface area contributed by atoms with Crippen molar-refractivity contribution in [3.63, 3.8) is 0 Å². The highest BCUT2D eigenvalue weighted by Gasteiger charge is 2.04. The molecule has 108 valence electrons. The third-order valence-corrected chi connectivity index (χ3v) is 3.05. The molecule has 0 amide bonds. The smallest absolute Gasteiger partial charge is 0.187 e. The SMILES string of the molecule is CCC(=CC(=O)c1ccncc1)Nc1ccc(OC)cc1. The summed E-state index contributed by atoms with van der Waals surface area (Å²) < 4.78 is 5.12. The summed E-state index contributed by atoms with van der Waals surface area (Å²) in [6, 6.07) is 11.0. The zero-order valence-corrected chi connectivity index (χ0v) is 12.2. The van der Waals surface area contributed by atoms with Crippen molar-refractivity contribution < 1.29 is 9.53 Å². The average Bonchev–Trinajstić information content (AvgIpc) is 2.55. The lowest BCUT2D eigenvalue weighted by Gasteiger charge is -2.09. The molecule has 0 aliphatic rings. The largest absolute Gasteiger partial charge is 0.497 e. The molecule has 0 bridgehead atoms. The van der Waals surface area contributed by atoms with Gasteiger partial charge < -0.3 is 10.1 Å². The van der Waals surface area contributed by atoms with Crippen LogP contribution in [-0.2, 0) is 0 Å². The molecule has 1 aromatic heterocycles. The summed E-state index contributed by atoms with van der Waals surface area (Å²) in [6.45, 7) is 2.00. The second-order valence-electron chi connectivity index (χ2n) is 4.48. The molecule has 0 atom stereocenters. The second-order valence-corrected chi connectivity index (χ2v) is 4.48. The van der Waals surface area contributed by atoms with Crippen molar-refractivity contribution in [2.24, 2.45) is 0 Å². The number of carbonyl (C=O) groups is 1. The Balaban J connectivity index is 2.11. The van der Waals surface area contributed by atoms with Gasteiger partial charge in [0.1, 0.15) is 5.75 Å². The fourth-order valence-corrected chi connectivity index (χ4v) is 1.84. The number of benzene rings is 1. The van der Waals surface area contributed by atoms with Gasteiger partial charge in [-0.05, 0) is 42.8 Å². The quantitative estimate of drug-likeness (QED) is 0.648. The molecule has 1 heterocycles. The normalized spacial score (nSPS) is 11.0. The van der Waals surface area contributed by atoms with Gasteiger partial charge in [-0.15, -0.1) is 0 Å². The number of carbonyl (C=O) groups excluding carboxylic acids is 1. The van der Waals surface area contributed by atoms with Crippen LogP contribution in [0.25, 0.3) is 0 Å². The minimum atomic E-state index is -0.0322. The highest BCUT2D eigenvalue weighted by Crippen LogP contribution is 2.17. The number of ether oxygens (including phenoxy) is 1. The predicted molar refractivity (Wildman–Crippen MR) is 83.6 cm³/mol. The molecule has 2 rings (SSSR count). The van der Waals surface area contributed by atoms with Gasteiger partial charge in [0.25, 0.3) is 0 Å². The molecule has 2 aromatic rings. The minimum Gasteiger partial charge on any atom is -0.497 e. The molecule has 0 spiro atoms. The lowest BCUT2D eigenvalue weighted by Crippen LogP contribution is -2.03. The maximum Gasteiger partial charge on any atom is 0.187 e. The van der Waals surface area contributed by atoms with E-state index in [9.17, 15) is 4.79 Å². The van der Waals surface area contributed by atoms with E-state index in [0.717, 1.165) is 23.6 Å². The van der Waals surface area contributed by atoms with Crippen LogP contribution < -0.4 is 10.1 Å². The molecule has 1 N–H and O–H groups in total. The molecule has 0 saturated heterocycles. The molecule has 4 nitrogen and oxygen atoms in total. The maximum absolute atomic E-state index is 12.1. The van der Waals surface area contributed by atoms with Gasteiger partial charge in [0.15, 0.2) is 5.78 Å². The first-order chi connectivity index (χ1) is 10.2. The topological polar surface area (TPSA) is 51.2 Å². The van der Waals surface area contributed by atoms with Crippen LogP contribution in [0.2, 0.25) is 0 Å². The van der Waals surface area contributed by atoms with Gasteiger partial charge in [-0.2, -0.15) is 0 Å². The van der Waals surface area contributed by atoms with Crippen molar-refractivity contribution >= 4 is 11.5 Å². The van der Waals surface area contributed by atoms with Gasteiger partial charge in [-0.3, -0.25) is 9.78 Å². The molecule has 0 unspecified atom stereocenters. The molecule has 4 heteroatoms. The summed E-state index contributed by atoms with van der Waals surface area (Å²) >= 11 is 0. The molecule has 0 aliphatic carbocycles. The Morgan fingerprint density at radius 2 is 1.86 bits per heavy atom. The molecule has 0 radical (unpaired) electrons. The van der Waals surface area contributed by atoms with E-state index in [4.69, 9.17) is 4.74 Å². The van der Waals surface area contributed by atoms with Crippen LogP contribution in [0.1, 0.15) is 23.7 Å². The third-order valence-electron chi connectivity index (χ3n) is 3.05. The monoisotopic (exact) mass is 282 g/mol. The number of aromatic nitrogens is 1. The van der Waals surface area contributed by atoms with E-state index >= 15 is 0 Å². The zero-order valence-electron chi connectivity index (χ0n) is 12.2. The van der Waals surface area contributed by atoms with Crippen LogP contribution in [0.4, 0.5) is 5.69 Å². The Labute approximate surface area is 124 Å². The predicted octanol–water partition coefficient (Wildman–Crippen LogP) is 3.68. The van der Waals surface area contributed by atoms with Crippen LogP contribution in [0.15, 0.2) is 60.6 Å². The zero-order chi connectivity index (χ0) is 15.1. The number of rotatable bonds is 6. The molecule has 0 saturated carbocycles. The summed E-state index contributed by atoms with van der Waals surface area (Å²) in [6.07, 6.45) is 5.59. The van der Waals surface area contributed by atoms with Gasteiger partial charge >= 0.3 is 0 Å². The molecule has 0 fully saturated rings. The van der Waals surface area contributed by atoms with Crippen molar-refractivity contribution in [3.8, 4) is 5.75 Å². The minimum absolute atomic E-state index is 0.0322. The Bertz CT molecular complexity index is 619. The van der Waals surface area contributed by atoms with Gasteiger partial charge in [-0.25, -0.2) is 0 Å². The van der Waals surface area contributed by atoms with Crippen LogP contribution in [0.3, 0.4) is 0 Å². The number of hydrogen-bond donors (Lipinski definition) is 1. The van der Waals surface area contributed by atoms with E-state index in [-0.39, 0.29) is 5.78 Å². The lowest BCUT2D eigenvalue weighted by molar-refractivity contribution is 0.104. The van der Waals surface area contributed by atoms with Crippen LogP contribution in [-0.4, -0.2) is 17.9 Å². The van der Waals surface area contributed by atoms with Crippen molar-refractivity contribution in [1.29, 1.82) is 0 Å². The first-order valence-electron chi connectivity index (χ1n) is 6.79. The first kappa shape index (κ1) is 14.8. The van der Waals surface area contributed by atoms with E-state index in [1.165, 1.54) is 0 Å². The highest BCUT2D eigenvalue weighted by atomic mass is 16.5. The van der Waals surface area contributed by atoms with Crippen LogP contribution >= 0.6 is 0 Å². The van der Waals surface area contributed by atoms with E-state index in [0.29, 0.717) is 5.56 Å². The summed E-state index contributed by atoms with van der Waals surface area (Å²) in [5.41, 5.74) is 2.42. The average molecular weight is 282 g/mol. The molecule has 1 aromatic carbocycles. The third kappa shape index (κ3) is 4.18. The summed E-state index contributed by atoms with van der Waals surface area (Å²) in [5, 5.41) is 3.25. The lowest BCUT2D eigenvalue weighted by atomic mass is 10.1. The van der Waals surface area contributed by atoms with E-state index < -0.39 is 0 Å². The van der Waals surface area contributed by atoms with E-state index in [1.54, 1.807) is 37.7 Å². The number of allylic oxidation sites excluding steroid dienone is 2. The Morgan fingerprint density at radius 1 is 1.19 bits per heavy atom. The van der Waals surface area contributed by atoms with Gasteiger partial charge in [0.05, 0.1) is 7.11 Å². The number of pyridine rings is 1. The van der Waals surface area contributed by atoms with E-state index in [1.807, 2.05) is 31.2 Å². The van der Waals surface area contributed by atoms with Crippen LogP contribution in [0.5, 0.6) is 5.75 Å². The number of methoxy groups -OCH3 is 1. The van der Waals surface area contributed by atoms with Crippen molar-refractivity contribution in [3.05, 3.63) is 66.1 Å². The van der Waals surface area contributed by atoms with Crippen molar-refractivity contribution in [2.45, 2.75) is 13.3 Å². The standard InChI is InChI=1S/C17H18N2O2/c1-3-14(12-17(20)13-8-10-18-11-9-13)19-15-4-6-16(21-2)7-5-15/h4-12,19H,3H2,1-2H3. The van der Waals surface area contributed by atoms with Crippen molar-refractivity contribution in [1.82, 2.24) is 4.98 Å². The first-order valence-corrected chi connectivity index (χ1v) is 6.79. The molecular weight excluding hydrogens is 264 g/mol. The van der Waals surface area contributed by atoms with Crippen LogP contribution in [0, 0.1) is 0 Å². The molecular formula is C17H18N2O2. The Hall–Kier alpha value is -2.62. The Morgan fingerprint density at radius 3 is 2.43 bits per heavy atom. The highest BCUT2D eigenvalue weighted by molar-refractivity contribution is 6.05. The fourth-order valence-electron chi connectivity index (χ4n) is 1.84. The van der Waals surface area contributed by atoms with E-state index in [2.05, 4.69) is 10.3 Å². The Kier molecular flexibility index (Phi) is 5.10.